The second kappa shape index (κ2) is 5.38. The molecular formula is C7H16BrO3P. The standard InChI is InChI=1S/C7H16BrO3P/c1-3-6(4-2)5-7(8)12(9,10)11/h6-7H,3-5H2,1-2H3,(H2,9,10,11). The van der Waals surface area contributed by atoms with Crippen molar-refractivity contribution in [3.05, 3.63) is 0 Å². The van der Waals surface area contributed by atoms with Gasteiger partial charge in [-0.1, -0.05) is 42.6 Å². The fourth-order valence-corrected chi connectivity index (χ4v) is 2.14. The van der Waals surface area contributed by atoms with Crippen LogP contribution in [0.15, 0.2) is 0 Å². The number of halogens is 1. The van der Waals surface area contributed by atoms with Crippen molar-refractivity contribution < 1.29 is 14.4 Å². The minimum absolute atomic E-state index is 0.405. The summed E-state index contributed by atoms with van der Waals surface area (Å²) in [6, 6.07) is 0. The Morgan fingerprint density at radius 2 is 1.75 bits per heavy atom. The Bertz CT molecular complexity index is 164. The van der Waals surface area contributed by atoms with Crippen molar-refractivity contribution in [1.82, 2.24) is 0 Å². The maximum absolute atomic E-state index is 10.7. The summed E-state index contributed by atoms with van der Waals surface area (Å²) in [6.07, 6.45) is 2.49. The van der Waals surface area contributed by atoms with Gasteiger partial charge in [-0.05, 0) is 12.3 Å². The zero-order chi connectivity index (χ0) is 9.78. The summed E-state index contributed by atoms with van der Waals surface area (Å²) >= 11 is 3.02. The first kappa shape index (κ1) is 12.6. The minimum atomic E-state index is -3.92. The largest absolute Gasteiger partial charge is 0.339 e. The molecule has 0 saturated heterocycles. The third kappa shape index (κ3) is 4.61. The van der Waals surface area contributed by atoms with Crippen LogP contribution in [-0.4, -0.2) is 14.4 Å². The fourth-order valence-electron chi connectivity index (χ4n) is 1.03. The first-order valence-electron chi connectivity index (χ1n) is 4.11. The van der Waals surface area contributed by atoms with Crippen LogP contribution in [0, 0.1) is 5.92 Å². The highest BCUT2D eigenvalue weighted by molar-refractivity contribution is 9.10. The maximum Gasteiger partial charge on any atom is 0.339 e. The topological polar surface area (TPSA) is 57.5 Å². The summed E-state index contributed by atoms with van der Waals surface area (Å²) in [6.45, 7) is 4.07. The molecule has 5 heteroatoms. The molecule has 0 heterocycles. The Hall–Kier alpha value is 0.630. The Labute approximate surface area is 81.8 Å². The van der Waals surface area contributed by atoms with E-state index in [0.717, 1.165) is 12.8 Å². The van der Waals surface area contributed by atoms with Gasteiger partial charge in [0.2, 0.25) is 0 Å². The van der Waals surface area contributed by atoms with E-state index in [1.807, 2.05) is 13.8 Å². The number of hydrogen-bond donors (Lipinski definition) is 2. The van der Waals surface area contributed by atoms with Crippen LogP contribution in [-0.2, 0) is 4.57 Å². The second-order valence-electron chi connectivity index (χ2n) is 2.94. The molecule has 2 N–H and O–H groups in total. The minimum Gasteiger partial charge on any atom is -0.324 e. The first-order valence-corrected chi connectivity index (χ1v) is 6.70. The lowest BCUT2D eigenvalue weighted by Gasteiger charge is -2.17. The van der Waals surface area contributed by atoms with Gasteiger partial charge in [0.15, 0.2) is 0 Å². The summed E-state index contributed by atoms with van der Waals surface area (Å²) < 4.78 is 10.1. The normalized spacial score (nSPS) is 15.2. The van der Waals surface area contributed by atoms with E-state index >= 15 is 0 Å². The van der Waals surface area contributed by atoms with Gasteiger partial charge in [-0.2, -0.15) is 0 Å². The van der Waals surface area contributed by atoms with Crippen molar-refractivity contribution in [2.75, 3.05) is 0 Å². The molecule has 0 aliphatic rings. The lowest BCUT2D eigenvalue weighted by molar-refractivity contribution is 0.358. The fraction of sp³-hybridized carbons (Fsp3) is 1.00. The van der Waals surface area contributed by atoms with Gasteiger partial charge >= 0.3 is 7.60 Å². The Balaban J connectivity index is 3.98. The maximum atomic E-state index is 10.7. The lowest BCUT2D eigenvalue weighted by Crippen LogP contribution is -2.07. The molecule has 0 rings (SSSR count). The van der Waals surface area contributed by atoms with Crippen LogP contribution in [0.4, 0.5) is 0 Å². The molecule has 0 spiro atoms. The number of alkyl halides is 1. The quantitative estimate of drug-likeness (QED) is 0.589. The van der Waals surface area contributed by atoms with E-state index in [0.29, 0.717) is 12.3 Å². The molecule has 0 amide bonds. The highest BCUT2D eigenvalue weighted by Gasteiger charge is 2.27. The summed E-state index contributed by atoms with van der Waals surface area (Å²) in [5.41, 5.74) is 0. The smallest absolute Gasteiger partial charge is 0.324 e. The van der Waals surface area contributed by atoms with Gasteiger partial charge in [-0.25, -0.2) is 0 Å². The summed E-state index contributed by atoms with van der Waals surface area (Å²) in [5, 5.41) is 0. The Morgan fingerprint density at radius 3 is 2.00 bits per heavy atom. The number of hydrogen-bond acceptors (Lipinski definition) is 1. The molecule has 0 aromatic carbocycles. The molecule has 1 unspecified atom stereocenters. The average Bonchev–Trinajstić information content (AvgIpc) is 1.97. The predicted molar refractivity (Wildman–Crippen MR) is 53.4 cm³/mol. The van der Waals surface area contributed by atoms with Gasteiger partial charge in [-0.3, -0.25) is 4.57 Å². The average molecular weight is 259 g/mol. The highest BCUT2D eigenvalue weighted by atomic mass is 79.9. The van der Waals surface area contributed by atoms with Crippen molar-refractivity contribution in [2.45, 2.75) is 37.7 Å². The van der Waals surface area contributed by atoms with E-state index < -0.39 is 12.2 Å². The van der Waals surface area contributed by atoms with Gasteiger partial charge in [0, 0.05) is 0 Å². The summed E-state index contributed by atoms with van der Waals surface area (Å²) in [4.78, 5) is 17.6. The highest BCUT2D eigenvalue weighted by Crippen LogP contribution is 2.48. The van der Waals surface area contributed by atoms with Crippen LogP contribution in [0.5, 0.6) is 0 Å². The van der Waals surface area contributed by atoms with E-state index in [2.05, 4.69) is 15.9 Å². The molecule has 3 nitrogen and oxygen atoms in total. The molecule has 0 aliphatic carbocycles. The van der Waals surface area contributed by atoms with Crippen molar-refractivity contribution >= 4 is 23.5 Å². The van der Waals surface area contributed by atoms with E-state index in [1.54, 1.807) is 0 Å². The predicted octanol–water partition coefficient (Wildman–Crippen LogP) is 2.71. The van der Waals surface area contributed by atoms with Gasteiger partial charge < -0.3 is 9.79 Å². The van der Waals surface area contributed by atoms with Crippen molar-refractivity contribution in [1.29, 1.82) is 0 Å². The van der Waals surface area contributed by atoms with Gasteiger partial charge in [0.05, 0.1) is 0 Å². The van der Waals surface area contributed by atoms with Crippen LogP contribution in [0.2, 0.25) is 0 Å². The summed E-state index contributed by atoms with van der Waals surface area (Å²) in [7, 11) is -3.92. The van der Waals surface area contributed by atoms with E-state index in [9.17, 15) is 4.57 Å². The molecule has 1 atom stereocenters. The second-order valence-corrected chi connectivity index (χ2v) is 6.56. The summed E-state index contributed by atoms with van der Waals surface area (Å²) in [5.74, 6) is 0.405. The molecule has 74 valence electrons. The first-order chi connectivity index (χ1) is 5.41. The van der Waals surface area contributed by atoms with E-state index in [1.165, 1.54) is 0 Å². The van der Waals surface area contributed by atoms with Crippen LogP contribution in [0.3, 0.4) is 0 Å². The van der Waals surface area contributed by atoms with E-state index in [4.69, 9.17) is 9.79 Å². The molecular weight excluding hydrogens is 243 g/mol. The third-order valence-corrected chi connectivity index (χ3v) is 4.96. The zero-order valence-corrected chi connectivity index (χ0v) is 9.88. The van der Waals surface area contributed by atoms with Crippen LogP contribution in [0.1, 0.15) is 33.1 Å². The monoisotopic (exact) mass is 258 g/mol. The molecule has 0 aliphatic heterocycles. The molecule has 0 aromatic heterocycles. The SMILES string of the molecule is CCC(CC)CC(Br)P(=O)(O)O. The van der Waals surface area contributed by atoms with Crippen LogP contribution < -0.4 is 0 Å². The van der Waals surface area contributed by atoms with Crippen molar-refractivity contribution in [2.24, 2.45) is 5.92 Å². The Morgan fingerprint density at radius 1 is 1.33 bits per heavy atom. The molecule has 0 fully saturated rings. The molecule has 0 aromatic rings. The van der Waals surface area contributed by atoms with Gasteiger partial charge in [-0.15, -0.1) is 0 Å². The van der Waals surface area contributed by atoms with Crippen LogP contribution in [0.25, 0.3) is 0 Å². The van der Waals surface area contributed by atoms with Gasteiger partial charge in [0.1, 0.15) is 4.57 Å². The zero-order valence-electron chi connectivity index (χ0n) is 7.40. The lowest BCUT2D eigenvalue weighted by atomic mass is 10.0. The molecule has 0 bridgehead atoms. The Kier molecular flexibility index (Phi) is 5.66. The number of rotatable bonds is 5. The molecule has 0 saturated carbocycles. The van der Waals surface area contributed by atoms with Gasteiger partial charge in [0.25, 0.3) is 0 Å². The molecule has 12 heavy (non-hydrogen) atoms. The molecule has 0 radical (unpaired) electrons. The van der Waals surface area contributed by atoms with E-state index in [-0.39, 0.29) is 0 Å². The van der Waals surface area contributed by atoms with Crippen molar-refractivity contribution in [3.63, 3.8) is 0 Å². The van der Waals surface area contributed by atoms with Crippen molar-refractivity contribution in [3.8, 4) is 0 Å². The van der Waals surface area contributed by atoms with Crippen LogP contribution >= 0.6 is 23.5 Å². The third-order valence-electron chi connectivity index (χ3n) is 2.05.